The van der Waals surface area contributed by atoms with E-state index in [4.69, 9.17) is 23.2 Å². The van der Waals surface area contributed by atoms with Gasteiger partial charge in [0, 0.05) is 25.0 Å². The summed E-state index contributed by atoms with van der Waals surface area (Å²) in [5.41, 5.74) is 4.56. The normalized spacial score (nSPS) is 13.9. The van der Waals surface area contributed by atoms with Crippen LogP contribution in [0.5, 0.6) is 0 Å². The van der Waals surface area contributed by atoms with Crippen molar-refractivity contribution >= 4 is 45.7 Å². The molecule has 7 nitrogen and oxygen atoms in total. The highest BCUT2D eigenvalue weighted by atomic mass is 35.5. The lowest BCUT2D eigenvalue weighted by Gasteiger charge is -2.25. The number of aromatic nitrogens is 4. The maximum absolute atomic E-state index is 13.1. The first-order valence-corrected chi connectivity index (χ1v) is 10.9. The van der Waals surface area contributed by atoms with Crippen molar-refractivity contribution in [1.29, 1.82) is 0 Å². The summed E-state index contributed by atoms with van der Waals surface area (Å²) in [7, 11) is 2.12. The molecule has 0 amide bonds. The van der Waals surface area contributed by atoms with Gasteiger partial charge in [0.25, 0.3) is 5.56 Å². The number of halogens is 2. The van der Waals surface area contributed by atoms with Gasteiger partial charge < -0.3 is 10.2 Å². The Labute approximate surface area is 194 Å². The summed E-state index contributed by atoms with van der Waals surface area (Å²) in [6.07, 6.45) is 2.56. The Bertz CT molecular complexity index is 1400. The minimum absolute atomic E-state index is 0.336. The summed E-state index contributed by atoms with van der Waals surface area (Å²) < 4.78 is 1.21. The number of benzene rings is 2. The van der Waals surface area contributed by atoms with E-state index in [9.17, 15) is 4.79 Å². The fourth-order valence-corrected chi connectivity index (χ4v) is 4.54. The molecule has 0 spiro atoms. The van der Waals surface area contributed by atoms with Crippen molar-refractivity contribution in [2.75, 3.05) is 18.9 Å². The Hall–Kier alpha value is -3.00. The van der Waals surface area contributed by atoms with Gasteiger partial charge in [0.2, 0.25) is 5.95 Å². The molecule has 0 saturated carbocycles. The minimum Gasteiger partial charge on any atom is -0.324 e. The van der Waals surface area contributed by atoms with Crippen molar-refractivity contribution in [2.24, 2.45) is 0 Å². The monoisotopic (exact) mass is 466 g/mol. The Morgan fingerprint density at radius 2 is 1.88 bits per heavy atom. The van der Waals surface area contributed by atoms with Gasteiger partial charge >= 0.3 is 0 Å². The lowest BCUT2D eigenvalue weighted by atomic mass is 9.99. The molecular formula is C23H20Cl2N6O. The third kappa shape index (κ3) is 3.72. The largest absolute Gasteiger partial charge is 0.324 e. The van der Waals surface area contributed by atoms with Crippen LogP contribution in [-0.4, -0.2) is 38.2 Å². The number of nitrogens with zero attached hydrogens (tertiary/aromatic N) is 5. The lowest BCUT2D eigenvalue weighted by Crippen LogP contribution is -2.26. The molecule has 32 heavy (non-hydrogen) atoms. The number of rotatable bonds is 3. The molecule has 3 heterocycles. The van der Waals surface area contributed by atoms with Crippen LogP contribution >= 0.6 is 23.2 Å². The summed E-state index contributed by atoms with van der Waals surface area (Å²) >= 11 is 12.6. The van der Waals surface area contributed by atoms with Crippen LogP contribution in [-0.2, 0) is 13.0 Å². The fourth-order valence-electron chi connectivity index (χ4n) is 3.98. The molecule has 5 rings (SSSR count). The van der Waals surface area contributed by atoms with Crippen molar-refractivity contribution < 1.29 is 0 Å². The Morgan fingerprint density at radius 3 is 2.66 bits per heavy atom. The number of hydrogen-bond acceptors (Lipinski definition) is 6. The second kappa shape index (κ2) is 8.16. The van der Waals surface area contributed by atoms with Gasteiger partial charge in [0.05, 0.1) is 21.1 Å². The SMILES string of the molecule is Cc1nn(-c2c(Cl)cccc2Cl)c(=O)c2cnc(Nc3ccc4c(c3)CN(C)CC4)nc12. The molecule has 162 valence electrons. The smallest absolute Gasteiger partial charge is 0.282 e. The second-order valence-electron chi connectivity index (χ2n) is 7.92. The average Bonchev–Trinajstić information content (AvgIpc) is 2.76. The Morgan fingerprint density at radius 1 is 1.09 bits per heavy atom. The molecular weight excluding hydrogens is 447 g/mol. The number of nitrogens with one attached hydrogen (secondary N) is 1. The van der Waals surface area contributed by atoms with Gasteiger partial charge in [-0.2, -0.15) is 9.78 Å². The van der Waals surface area contributed by atoms with Gasteiger partial charge in [-0.15, -0.1) is 0 Å². The standard InChI is InChI=1S/C23H20Cl2N6O/c1-13-20-17(22(32)31(29-13)21-18(24)4-3-5-19(21)25)11-26-23(28-20)27-16-7-6-14-8-9-30(2)12-15(14)10-16/h3-7,10-11H,8-9,12H2,1-2H3,(H,26,27,28). The molecule has 9 heteroatoms. The van der Waals surface area contributed by atoms with Gasteiger partial charge in [-0.1, -0.05) is 35.3 Å². The number of hydrogen-bond donors (Lipinski definition) is 1. The van der Waals surface area contributed by atoms with Gasteiger partial charge in [-0.3, -0.25) is 4.79 Å². The van der Waals surface area contributed by atoms with Crippen LogP contribution in [0, 0.1) is 6.92 Å². The number of para-hydroxylation sites is 1. The van der Waals surface area contributed by atoms with Crippen molar-refractivity contribution in [3.05, 3.63) is 79.8 Å². The molecule has 4 aromatic rings. The third-order valence-corrected chi connectivity index (χ3v) is 6.23. The Kier molecular flexibility index (Phi) is 5.33. The molecule has 0 radical (unpaired) electrons. The second-order valence-corrected chi connectivity index (χ2v) is 8.74. The van der Waals surface area contributed by atoms with Crippen molar-refractivity contribution in [3.63, 3.8) is 0 Å². The van der Waals surface area contributed by atoms with E-state index in [2.05, 4.69) is 44.5 Å². The predicted molar refractivity (Wildman–Crippen MR) is 127 cm³/mol. The van der Waals surface area contributed by atoms with E-state index in [1.165, 1.54) is 22.0 Å². The van der Waals surface area contributed by atoms with E-state index in [0.717, 1.165) is 25.2 Å². The van der Waals surface area contributed by atoms with Crippen LogP contribution < -0.4 is 10.9 Å². The lowest BCUT2D eigenvalue weighted by molar-refractivity contribution is 0.313. The van der Waals surface area contributed by atoms with Crippen LogP contribution in [0.15, 0.2) is 47.4 Å². The maximum atomic E-state index is 13.1. The maximum Gasteiger partial charge on any atom is 0.282 e. The first-order chi connectivity index (χ1) is 15.4. The van der Waals surface area contributed by atoms with E-state index in [1.807, 2.05) is 6.07 Å². The van der Waals surface area contributed by atoms with E-state index in [-0.39, 0.29) is 5.56 Å². The highest BCUT2D eigenvalue weighted by Crippen LogP contribution is 2.28. The molecule has 0 bridgehead atoms. The summed E-state index contributed by atoms with van der Waals surface area (Å²) in [5, 5.41) is 8.68. The van der Waals surface area contributed by atoms with E-state index >= 15 is 0 Å². The molecule has 1 N–H and O–H groups in total. The topological polar surface area (TPSA) is 75.9 Å². The fraction of sp³-hybridized carbons (Fsp3) is 0.217. The zero-order valence-electron chi connectivity index (χ0n) is 17.6. The highest BCUT2D eigenvalue weighted by molar-refractivity contribution is 6.37. The number of anilines is 2. The number of fused-ring (bicyclic) bond motifs is 2. The van der Waals surface area contributed by atoms with Crippen molar-refractivity contribution in [3.8, 4) is 5.69 Å². The zero-order chi connectivity index (χ0) is 22.4. The number of likely N-dealkylation sites (N-methyl/N-ethyl adjacent to an activating group) is 1. The molecule has 0 aliphatic carbocycles. The molecule has 0 fully saturated rings. The summed E-state index contributed by atoms with van der Waals surface area (Å²) in [5.74, 6) is 0.402. The minimum atomic E-state index is -0.385. The van der Waals surface area contributed by atoms with E-state index in [1.54, 1.807) is 25.1 Å². The summed E-state index contributed by atoms with van der Waals surface area (Å²) in [4.78, 5) is 24.4. The van der Waals surface area contributed by atoms with Crippen molar-refractivity contribution in [1.82, 2.24) is 24.6 Å². The highest BCUT2D eigenvalue weighted by Gasteiger charge is 2.17. The van der Waals surface area contributed by atoms with Gasteiger partial charge in [-0.05, 0) is 55.8 Å². The van der Waals surface area contributed by atoms with Gasteiger partial charge in [-0.25, -0.2) is 9.97 Å². The first-order valence-electron chi connectivity index (χ1n) is 10.2. The number of aryl methyl sites for hydroxylation is 1. The molecule has 0 unspecified atom stereocenters. The summed E-state index contributed by atoms with van der Waals surface area (Å²) in [6, 6.07) is 11.3. The molecule has 0 atom stereocenters. The van der Waals surface area contributed by atoms with Crippen LogP contribution in [0.25, 0.3) is 16.6 Å². The first kappa shape index (κ1) is 20.9. The van der Waals surface area contributed by atoms with Gasteiger partial charge in [0.1, 0.15) is 11.2 Å². The van der Waals surface area contributed by atoms with E-state index < -0.39 is 0 Å². The van der Waals surface area contributed by atoms with E-state index in [0.29, 0.717) is 38.3 Å². The van der Waals surface area contributed by atoms with Crippen LogP contribution in [0.3, 0.4) is 0 Å². The Balaban J connectivity index is 1.54. The average molecular weight is 467 g/mol. The zero-order valence-corrected chi connectivity index (χ0v) is 19.1. The van der Waals surface area contributed by atoms with Crippen molar-refractivity contribution in [2.45, 2.75) is 19.9 Å². The van der Waals surface area contributed by atoms with Gasteiger partial charge in [0.15, 0.2) is 0 Å². The quantitative estimate of drug-likeness (QED) is 0.478. The van der Waals surface area contributed by atoms with Crippen LogP contribution in [0.1, 0.15) is 16.8 Å². The molecule has 1 aliphatic rings. The summed E-state index contributed by atoms with van der Waals surface area (Å²) in [6.45, 7) is 3.77. The molecule has 2 aromatic heterocycles. The molecule has 2 aromatic carbocycles. The predicted octanol–water partition coefficient (Wildman–Crippen LogP) is 4.52. The molecule has 1 aliphatic heterocycles. The third-order valence-electron chi connectivity index (χ3n) is 5.62. The van der Waals surface area contributed by atoms with Crippen LogP contribution in [0.4, 0.5) is 11.6 Å². The van der Waals surface area contributed by atoms with Crippen LogP contribution in [0.2, 0.25) is 10.0 Å². The molecule has 0 saturated heterocycles.